The smallest absolute Gasteiger partial charge is 0.119 e. The molecule has 0 aliphatic heterocycles. The van der Waals surface area contributed by atoms with Crippen LogP contribution in [0.2, 0.25) is 0 Å². The first-order chi connectivity index (χ1) is 41.0. The van der Waals surface area contributed by atoms with Crippen molar-refractivity contribution >= 4 is 29.2 Å². The molecule has 83 heavy (non-hydrogen) atoms. The largest absolute Gasteiger partial charge is 0.494 e. The molecule has 0 aromatic heterocycles. The highest BCUT2D eigenvalue weighted by Gasteiger charge is 2.45. The van der Waals surface area contributed by atoms with Crippen molar-refractivity contribution in [3.8, 4) is 56.0 Å². The van der Waals surface area contributed by atoms with E-state index in [0.717, 1.165) is 78.2 Å². The highest BCUT2D eigenvalue weighted by molar-refractivity contribution is 5.88. The molecule has 0 N–H and O–H groups in total. The van der Waals surface area contributed by atoms with Crippen molar-refractivity contribution in [1.82, 2.24) is 0 Å². The summed E-state index contributed by atoms with van der Waals surface area (Å²) in [6.07, 6.45) is 9.55. The van der Waals surface area contributed by atoms with Crippen molar-refractivity contribution in [1.29, 1.82) is 0 Å². The predicted molar refractivity (Wildman–Crippen MR) is 347 cm³/mol. The van der Waals surface area contributed by atoms with Crippen LogP contribution in [0.3, 0.4) is 0 Å². The van der Waals surface area contributed by atoms with Gasteiger partial charge in [-0.1, -0.05) is 226 Å². The molecule has 11 aromatic rings. The fourth-order valence-electron chi connectivity index (χ4n) is 13.4. The quantitative estimate of drug-likeness (QED) is 0.0670. The lowest BCUT2D eigenvalue weighted by Gasteiger charge is -2.33. The average Bonchev–Trinajstić information content (AvgIpc) is 2.02. The van der Waals surface area contributed by atoms with E-state index in [4.69, 9.17) is 9.47 Å². The third-order valence-electron chi connectivity index (χ3n) is 17.4. The van der Waals surface area contributed by atoms with Crippen molar-refractivity contribution < 1.29 is 9.47 Å². The number of para-hydroxylation sites is 1. The first-order valence-corrected chi connectivity index (χ1v) is 29.4. The fraction of sp³-hybridized carbons (Fsp3) is 0.125. The van der Waals surface area contributed by atoms with E-state index < -0.39 is 0 Å². The molecule has 0 fully saturated rings. The van der Waals surface area contributed by atoms with Crippen LogP contribution in [-0.4, -0.2) is 13.2 Å². The third kappa shape index (κ3) is 10.1. The van der Waals surface area contributed by atoms with Crippen LogP contribution in [0.25, 0.3) is 56.7 Å². The monoisotopic (exact) mass is 1070 g/mol. The highest BCUT2D eigenvalue weighted by Crippen LogP contribution is 2.57. The van der Waals surface area contributed by atoms with Crippen molar-refractivity contribution in [3.63, 3.8) is 0 Å². The van der Waals surface area contributed by atoms with Gasteiger partial charge in [0.1, 0.15) is 11.5 Å². The molecule has 404 valence electrons. The Morgan fingerprint density at radius 2 is 0.663 bits per heavy atom. The maximum absolute atomic E-state index is 6.26. The van der Waals surface area contributed by atoms with Crippen LogP contribution in [0, 0.1) is 0 Å². The van der Waals surface area contributed by atoms with Crippen LogP contribution in [0.15, 0.2) is 286 Å². The van der Waals surface area contributed by atoms with E-state index in [1.807, 2.05) is 36.4 Å². The Kier molecular flexibility index (Phi) is 14.9. The molecule has 2 atom stereocenters. The topological polar surface area (TPSA) is 21.7 Å². The summed E-state index contributed by atoms with van der Waals surface area (Å²) >= 11 is 0. The van der Waals surface area contributed by atoms with Crippen molar-refractivity contribution in [3.05, 3.63) is 331 Å². The van der Waals surface area contributed by atoms with Gasteiger partial charge in [0.05, 0.1) is 13.2 Å². The van der Waals surface area contributed by atoms with Gasteiger partial charge < -0.3 is 14.4 Å². The number of ether oxygens (including phenoxy) is 2. The van der Waals surface area contributed by atoms with Crippen LogP contribution in [-0.2, 0) is 10.8 Å². The van der Waals surface area contributed by atoms with E-state index in [9.17, 15) is 0 Å². The zero-order valence-corrected chi connectivity index (χ0v) is 47.0. The summed E-state index contributed by atoms with van der Waals surface area (Å²) in [5, 5.41) is 0. The van der Waals surface area contributed by atoms with Gasteiger partial charge in [0, 0.05) is 27.9 Å². The molecule has 13 rings (SSSR count). The lowest BCUT2D eigenvalue weighted by Crippen LogP contribution is -2.27. The Morgan fingerprint density at radius 3 is 1.07 bits per heavy atom. The van der Waals surface area contributed by atoms with Gasteiger partial charge >= 0.3 is 0 Å². The normalized spacial score (nSPS) is 15.3. The van der Waals surface area contributed by atoms with Gasteiger partial charge in [-0.05, 0) is 200 Å². The lowest BCUT2D eigenvalue weighted by molar-refractivity contribution is 0.301. The Balaban J connectivity index is 0.787. The molecule has 0 saturated heterocycles. The first kappa shape index (κ1) is 52.7. The second-order valence-electron chi connectivity index (χ2n) is 22.1. The molecule has 0 amide bonds. The SMILES string of the molecule is C=Cc1ccc(OCCCCC2(c3ccccc3)c3ccccc3-c3ccc(-c4ccc(N(c5ccccc5)c5ccc(-c6ccc7c(c6)C(CCCCOc6ccc(C=C)cc6)(c6ccccc6)c6ccccc6-7)cc5)cc4)cc32)cc1. The zero-order chi connectivity index (χ0) is 56.0. The van der Waals surface area contributed by atoms with E-state index >= 15 is 0 Å². The average molecular weight is 1070 g/mol. The molecule has 2 aliphatic carbocycles. The minimum Gasteiger partial charge on any atom is -0.494 e. The molecule has 2 aliphatic rings. The Labute approximate surface area is 490 Å². The molecule has 2 unspecified atom stereocenters. The van der Waals surface area contributed by atoms with Crippen molar-refractivity contribution in [2.75, 3.05) is 18.1 Å². The molecule has 3 heteroatoms. The maximum atomic E-state index is 6.26. The summed E-state index contributed by atoms with van der Waals surface area (Å²) in [4.78, 5) is 2.37. The number of nitrogens with zero attached hydrogens (tertiary/aromatic N) is 1. The van der Waals surface area contributed by atoms with Gasteiger partial charge in [0.15, 0.2) is 0 Å². The second-order valence-corrected chi connectivity index (χ2v) is 22.1. The molecule has 0 saturated carbocycles. The van der Waals surface area contributed by atoms with E-state index in [0.29, 0.717) is 13.2 Å². The summed E-state index contributed by atoms with van der Waals surface area (Å²) in [6.45, 7) is 9.12. The van der Waals surface area contributed by atoms with Gasteiger partial charge in [-0.15, -0.1) is 0 Å². The van der Waals surface area contributed by atoms with Crippen LogP contribution in [0.4, 0.5) is 17.1 Å². The maximum Gasteiger partial charge on any atom is 0.119 e. The molecular formula is C80H67NO2. The predicted octanol–water partition coefficient (Wildman–Crippen LogP) is 20.9. The molecule has 0 bridgehead atoms. The van der Waals surface area contributed by atoms with Gasteiger partial charge in [0.25, 0.3) is 0 Å². The highest BCUT2D eigenvalue weighted by atomic mass is 16.5. The Hall–Kier alpha value is -9.70. The van der Waals surface area contributed by atoms with Crippen LogP contribution >= 0.6 is 0 Å². The number of rotatable bonds is 21. The minimum absolute atomic E-state index is 0.309. The van der Waals surface area contributed by atoms with Crippen molar-refractivity contribution in [2.45, 2.75) is 49.4 Å². The van der Waals surface area contributed by atoms with Crippen molar-refractivity contribution in [2.24, 2.45) is 0 Å². The summed E-state index contributed by atoms with van der Waals surface area (Å²) in [7, 11) is 0. The van der Waals surface area contributed by atoms with Crippen LogP contribution in [0.1, 0.15) is 83.0 Å². The number of fused-ring (bicyclic) bond motifs is 6. The number of unbranched alkanes of at least 4 members (excludes halogenated alkanes) is 2. The van der Waals surface area contributed by atoms with E-state index in [1.54, 1.807) is 0 Å². The zero-order valence-electron chi connectivity index (χ0n) is 47.0. The van der Waals surface area contributed by atoms with Crippen LogP contribution in [0.5, 0.6) is 11.5 Å². The number of hydrogen-bond acceptors (Lipinski definition) is 3. The van der Waals surface area contributed by atoms with Gasteiger partial charge in [-0.25, -0.2) is 0 Å². The molecule has 0 spiro atoms. The van der Waals surface area contributed by atoms with E-state index in [-0.39, 0.29) is 10.8 Å². The van der Waals surface area contributed by atoms with Crippen LogP contribution < -0.4 is 14.4 Å². The number of hydrogen-bond donors (Lipinski definition) is 0. The Bertz CT molecular complexity index is 3790. The standard InChI is InChI=1S/C80H67NO2/c1-3-58-32-46-69(47-33-58)82-54-20-18-52-79(64-22-8-5-9-23-64)75-30-16-14-28-71(75)73-50-40-62(56-77(73)79)60-36-42-67(43-37-60)81(66-26-12-7-13-27-66)68-44-38-61(39-45-68)63-41-51-74-72-29-15-17-31-76(72)80(78(74)57-63,65-24-10-6-11-25-65)53-19-21-55-83-70-48-34-59(4-2)35-49-70/h3-17,22-51,56-57H,1-2,18-21,52-55H2. The fourth-order valence-corrected chi connectivity index (χ4v) is 13.4. The number of anilines is 3. The first-order valence-electron chi connectivity index (χ1n) is 29.4. The molecule has 0 radical (unpaired) electrons. The minimum atomic E-state index is -0.309. The summed E-state index contributed by atoms with van der Waals surface area (Å²) < 4.78 is 12.5. The molecule has 0 heterocycles. The third-order valence-corrected chi connectivity index (χ3v) is 17.4. The number of benzene rings is 11. The summed E-state index contributed by atoms with van der Waals surface area (Å²) in [6, 6.07) is 100. The Morgan fingerprint density at radius 1 is 0.313 bits per heavy atom. The molecular weight excluding hydrogens is 1010 g/mol. The molecule has 3 nitrogen and oxygen atoms in total. The summed E-state index contributed by atoms with van der Waals surface area (Å²) in [5.74, 6) is 1.79. The lowest BCUT2D eigenvalue weighted by atomic mass is 9.69. The van der Waals surface area contributed by atoms with E-state index in [2.05, 4.69) is 267 Å². The molecule has 11 aromatic carbocycles. The van der Waals surface area contributed by atoms with Gasteiger partial charge in [0.2, 0.25) is 0 Å². The summed E-state index contributed by atoms with van der Waals surface area (Å²) in [5.41, 5.74) is 23.0. The van der Waals surface area contributed by atoms with E-state index in [1.165, 1.54) is 77.9 Å². The second kappa shape index (κ2) is 23.4. The van der Waals surface area contributed by atoms with Gasteiger partial charge in [-0.2, -0.15) is 0 Å². The van der Waals surface area contributed by atoms with Gasteiger partial charge in [-0.3, -0.25) is 0 Å².